The summed E-state index contributed by atoms with van der Waals surface area (Å²) in [5.74, 6) is 0.313. The molecule has 0 saturated carbocycles. The number of aromatic nitrogens is 2. The minimum Gasteiger partial charge on any atom is -0.252 e. The van der Waals surface area contributed by atoms with Crippen molar-refractivity contribution in [3.8, 4) is 0 Å². The maximum atomic E-state index is 5.64. The van der Waals surface area contributed by atoms with Crippen LogP contribution in [0.15, 0.2) is 6.20 Å². The van der Waals surface area contributed by atoms with Crippen molar-refractivity contribution in [2.75, 3.05) is 0 Å². The van der Waals surface area contributed by atoms with Crippen molar-refractivity contribution in [3.05, 3.63) is 22.7 Å². The average Bonchev–Trinajstić information content (AvgIpc) is 1.94. The van der Waals surface area contributed by atoms with Gasteiger partial charge in [-0.25, -0.2) is 4.98 Å². The summed E-state index contributed by atoms with van der Waals surface area (Å²) in [6.07, 6.45) is 1.61. The monoisotopic (exact) mass is 176 g/mol. The van der Waals surface area contributed by atoms with Gasteiger partial charge in [-0.1, -0.05) is 11.6 Å². The lowest BCUT2D eigenvalue weighted by atomic mass is 10.4. The van der Waals surface area contributed by atoms with Gasteiger partial charge in [-0.05, 0) is 6.92 Å². The fraction of sp³-hybridized carbons (Fsp3) is 0.333. The molecule has 0 fully saturated rings. The molecule has 0 aromatic carbocycles. The van der Waals surface area contributed by atoms with E-state index in [0.29, 0.717) is 16.7 Å². The lowest BCUT2D eigenvalue weighted by molar-refractivity contribution is 1.04. The van der Waals surface area contributed by atoms with E-state index in [-0.39, 0.29) is 0 Å². The first-order valence-electron chi connectivity index (χ1n) is 2.78. The van der Waals surface area contributed by atoms with Crippen LogP contribution >= 0.6 is 23.2 Å². The Kier molecular flexibility index (Phi) is 2.46. The van der Waals surface area contributed by atoms with Crippen LogP contribution in [0.25, 0.3) is 0 Å². The Balaban J connectivity index is 3.09. The van der Waals surface area contributed by atoms with Gasteiger partial charge in [-0.3, -0.25) is 4.98 Å². The van der Waals surface area contributed by atoms with Crippen LogP contribution in [0, 0.1) is 6.92 Å². The first-order valence-corrected chi connectivity index (χ1v) is 3.69. The molecule has 4 heteroatoms. The lowest BCUT2D eigenvalue weighted by Gasteiger charge is -1.97. The molecule has 54 valence electrons. The number of alkyl halides is 1. The maximum absolute atomic E-state index is 5.64. The van der Waals surface area contributed by atoms with Crippen molar-refractivity contribution in [1.29, 1.82) is 0 Å². The van der Waals surface area contributed by atoms with E-state index in [1.54, 1.807) is 6.20 Å². The van der Waals surface area contributed by atoms with Gasteiger partial charge in [0, 0.05) is 6.20 Å². The third-order valence-corrected chi connectivity index (χ3v) is 1.61. The fourth-order valence-corrected chi connectivity index (χ4v) is 1.01. The standard InChI is InChI=1S/C6H6Cl2N2/c1-4-3-9-6(8)5(2-7)10-4/h3H,2H2,1H3. The van der Waals surface area contributed by atoms with Gasteiger partial charge >= 0.3 is 0 Å². The van der Waals surface area contributed by atoms with E-state index in [0.717, 1.165) is 5.69 Å². The quantitative estimate of drug-likeness (QED) is 0.614. The molecule has 0 aliphatic heterocycles. The molecule has 1 aromatic rings. The second kappa shape index (κ2) is 3.17. The molecule has 0 N–H and O–H groups in total. The minimum atomic E-state index is 0.313. The number of hydrogen-bond acceptors (Lipinski definition) is 2. The highest BCUT2D eigenvalue weighted by atomic mass is 35.5. The number of rotatable bonds is 1. The Bertz CT molecular complexity index is 237. The molecule has 0 atom stereocenters. The summed E-state index contributed by atoms with van der Waals surface area (Å²) < 4.78 is 0. The maximum Gasteiger partial charge on any atom is 0.151 e. The molecule has 10 heavy (non-hydrogen) atoms. The number of hydrogen-bond donors (Lipinski definition) is 0. The van der Waals surface area contributed by atoms with Crippen molar-refractivity contribution < 1.29 is 0 Å². The van der Waals surface area contributed by atoms with Gasteiger partial charge in [0.1, 0.15) is 0 Å². The zero-order chi connectivity index (χ0) is 7.56. The largest absolute Gasteiger partial charge is 0.252 e. The predicted octanol–water partition coefficient (Wildman–Crippen LogP) is 2.18. The minimum absolute atomic E-state index is 0.313. The molecule has 0 amide bonds. The molecule has 1 aromatic heterocycles. The molecule has 0 unspecified atom stereocenters. The smallest absolute Gasteiger partial charge is 0.151 e. The third kappa shape index (κ3) is 1.58. The summed E-state index contributed by atoms with van der Waals surface area (Å²) in [5, 5.41) is 0.389. The predicted molar refractivity (Wildman–Crippen MR) is 41.3 cm³/mol. The van der Waals surface area contributed by atoms with Crippen LogP contribution in [0.5, 0.6) is 0 Å². The molecule has 0 saturated heterocycles. The normalized spacial score (nSPS) is 9.90. The second-order valence-corrected chi connectivity index (χ2v) is 2.51. The summed E-state index contributed by atoms with van der Waals surface area (Å²) in [5.41, 5.74) is 1.48. The van der Waals surface area contributed by atoms with E-state index in [2.05, 4.69) is 9.97 Å². The number of aryl methyl sites for hydroxylation is 1. The van der Waals surface area contributed by atoms with Crippen LogP contribution in [0.2, 0.25) is 5.15 Å². The lowest BCUT2D eigenvalue weighted by Crippen LogP contribution is -1.92. The fourth-order valence-electron chi connectivity index (χ4n) is 0.597. The Labute approximate surface area is 69.2 Å². The summed E-state index contributed by atoms with van der Waals surface area (Å²) in [7, 11) is 0. The van der Waals surface area contributed by atoms with Crippen molar-refractivity contribution >= 4 is 23.2 Å². The molecule has 0 spiro atoms. The van der Waals surface area contributed by atoms with Gasteiger partial charge in [0.05, 0.1) is 17.3 Å². The second-order valence-electron chi connectivity index (χ2n) is 1.88. The van der Waals surface area contributed by atoms with E-state index in [1.807, 2.05) is 6.92 Å². The zero-order valence-electron chi connectivity index (χ0n) is 5.43. The Morgan fingerprint density at radius 2 is 2.30 bits per heavy atom. The van der Waals surface area contributed by atoms with Crippen molar-refractivity contribution in [3.63, 3.8) is 0 Å². The molecule has 1 rings (SSSR count). The Morgan fingerprint density at radius 3 is 2.80 bits per heavy atom. The van der Waals surface area contributed by atoms with E-state index in [4.69, 9.17) is 23.2 Å². The van der Waals surface area contributed by atoms with Crippen LogP contribution in [-0.4, -0.2) is 9.97 Å². The molecular weight excluding hydrogens is 171 g/mol. The highest BCUT2D eigenvalue weighted by Crippen LogP contribution is 2.11. The summed E-state index contributed by atoms with van der Waals surface area (Å²) in [4.78, 5) is 7.93. The van der Waals surface area contributed by atoms with Crippen LogP contribution in [-0.2, 0) is 5.88 Å². The van der Waals surface area contributed by atoms with Gasteiger partial charge in [0.25, 0.3) is 0 Å². The first kappa shape index (κ1) is 7.76. The van der Waals surface area contributed by atoms with Crippen molar-refractivity contribution in [1.82, 2.24) is 9.97 Å². The summed E-state index contributed by atoms with van der Waals surface area (Å²) in [6, 6.07) is 0. The number of halogens is 2. The number of nitrogens with zero attached hydrogens (tertiary/aromatic N) is 2. The molecule has 2 nitrogen and oxygen atoms in total. The van der Waals surface area contributed by atoms with Crippen molar-refractivity contribution in [2.45, 2.75) is 12.8 Å². The van der Waals surface area contributed by atoms with Gasteiger partial charge in [-0.15, -0.1) is 11.6 Å². The van der Waals surface area contributed by atoms with Gasteiger partial charge in [0.15, 0.2) is 5.15 Å². The van der Waals surface area contributed by atoms with E-state index in [1.165, 1.54) is 0 Å². The van der Waals surface area contributed by atoms with Gasteiger partial charge in [-0.2, -0.15) is 0 Å². The topological polar surface area (TPSA) is 25.8 Å². The summed E-state index contributed by atoms with van der Waals surface area (Å²) >= 11 is 11.2. The Hall–Kier alpha value is -0.340. The van der Waals surface area contributed by atoms with Crippen LogP contribution in [0.4, 0.5) is 0 Å². The highest BCUT2D eigenvalue weighted by molar-refractivity contribution is 6.30. The molecule has 0 radical (unpaired) electrons. The molecule has 1 heterocycles. The molecule has 0 bridgehead atoms. The Morgan fingerprint density at radius 1 is 1.60 bits per heavy atom. The first-order chi connectivity index (χ1) is 4.74. The van der Waals surface area contributed by atoms with Gasteiger partial charge in [0.2, 0.25) is 0 Å². The van der Waals surface area contributed by atoms with Gasteiger partial charge < -0.3 is 0 Å². The van der Waals surface area contributed by atoms with Crippen LogP contribution < -0.4 is 0 Å². The van der Waals surface area contributed by atoms with E-state index >= 15 is 0 Å². The molecular formula is C6H6Cl2N2. The van der Waals surface area contributed by atoms with E-state index in [9.17, 15) is 0 Å². The third-order valence-electron chi connectivity index (χ3n) is 1.04. The SMILES string of the molecule is Cc1cnc(Cl)c(CCl)n1. The van der Waals surface area contributed by atoms with Crippen LogP contribution in [0.3, 0.4) is 0 Å². The zero-order valence-corrected chi connectivity index (χ0v) is 6.95. The molecule has 0 aliphatic carbocycles. The molecule has 0 aliphatic rings. The van der Waals surface area contributed by atoms with Crippen LogP contribution in [0.1, 0.15) is 11.4 Å². The van der Waals surface area contributed by atoms with Crippen molar-refractivity contribution in [2.24, 2.45) is 0 Å². The average molecular weight is 177 g/mol. The van der Waals surface area contributed by atoms with E-state index < -0.39 is 0 Å². The summed E-state index contributed by atoms with van der Waals surface area (Å²) in [6.45, 7) is 1.85. The highest BCUT2D eigenvalue weighted by Gasteiger charge is 2.00.